The lowest BCUT2D eigenvalue weighted by Gasteiger charge is -2.05. The van der Waals surface area contributed by atoms with E-state index in [1.165, 1.54) is 24.5 Å². The van der Waals surface area contributed by atoms with Gasteiger partial charge in [-0.1, -0.05) is 23.7 Å². The Hall–Kier alpha value is -3.03. The van der Waals surface area contributed by atoms with E-state index in [9.17, 15) is 14.4 Å². The van der Waals surface area contributed by atoms with Crippen LogP contribution in [0.4, 0.5) is 5.69 Å². The van der Waals surface area contributed by atoms with Crippen molar-refractivity contribution in [3.8, 4) is 10.6 Å². The number of thiazole rings is 1. The van der Waals surface area contributed by atoms with Crippen molar-refractivity contribution in [3.05, 3.63) is 69.2 Å². The third kappa shape index (κ3) is 3.08. The van der Waals surface area contributed by atoms with Crippen LogP contribution in [-0.2, 0) is 0 Å². The minimum absolute atomic E-state index is 0.283. The number of halogens is 1. The van der Waals surface area contributed by atoms with Gasteiger partial charge < -0.3 is 5.32 Å². The molecule has 2 heterocycles. The van der Waals surface area contributed by atoms with Gasteiger partial charge in [-0.3, -0.25) is 19.3 Å². The van der Waals surface area contributed by atoms with E-state index in [0.29, 0.717) is 31.9 Å². The summed E-state index contributed by atoms with van der Waals surface area (Å²) < 4.78 is 0. The van der Waals surface area contributed by atoms with Crippen LogP contribution in [0.25, 0.3) is 10.6 Å². The first kappa shape index (κ1) is 18.3. The highest BCUT2D eigenvalue weighted by molar-refractivity contribution is 7.17. The third-order valence-electron chi connectivity index (χ3n) is 4.42. The van der Waals surface area contributed by atoms with Crippen molar-refractivity contribution >= 4 is 46.3 Å². The molecule has 4 rings (SSSR count). The van der Waals surface area contributed by atoms with Gasteiger partial charge in [0.2, 0.25) is 0 Å². The van der Waals surface area contributed by atoms with Gasteiger partial charge in [-0.25, -0.2) is 4.98 Å². The molecule has 1 aliphatic heterocycles. The third-order valence-corrected chi connectivity index (χ3v) is 5.86. The smallest absolute Gasteiger partial charge is 0.267 e. The lowest BCUT2D eigenvalue weighted by molar-refractivity contribution is 0.0692. The average molecular weight is 412 g/mol. The number of rotatable bonds is 3. The standard InChI is InChI=1S/C20H14ClN3O3S/c1-10-16(28-18(22-10)11-4-3-5-12(21)8-11)17(25)23-13-6-7-14-15(9-13)20(27)24(2)19(14)26/h3-9H,1-2H3,(H,23,25). The molecule has 0 saturated heterocycles. The summed E-state index contributed by atoms with van der Waals surface area (Å²) in [5.41, 5.74) is 2.50. The molecule has 2 aromatic carbocycles. The zero-order chi connectivity index (χ0) is 20.0. The fraction of sp³-hybridized carbons (Fsp3) is 0.100. The van der Waals surface area contributed by atoms with Crippen LogP contribution in [0.1, 0.15) is 36.1 Å². The molecule has 28 heavy (non-hydrogen) atoms. The maximum atomic E-state index is 12.7. The molecule has 6 nitrogen and oxygen atoms in total. The summed E-state index contributed by atoms with van der Waals surface area (Å²) in [4.78, 5) is 42.8. The van der Waals surface area contributed by atoms with E-state index < -0.39 is 0 Å². The molecular formula is C20H14ClN3O3S. The highest BCUT2D eigenvalue weighted by Crippen LogP contribution is 2.30. The van der Waals surface area contributed by atoms with Gasteiger partial charge in [0.25, 0.3) is 17.7 Å². The zero-order valence-corrected chi connectivity index (χ0v) is 16.5. The van der Waals surface area contributed by atoms with Crippen LogP contribution in [0.2, 0.25) is 5.02 Å². The van der Waals surface area contributed by atoms with E-state index in [-0.39, 0.29) is 23.3 Å². The molecular weight excluding hydrogens is 398 g/mol. The summed E-state index contributed by atoms with van der Waals surface area (Å²) in [6.45, 7) is 1.76. The van der Waals surface area contributed by atoms with E-state index in [2.05, 4.69) is 10.3 Å². The number of carbonyl (C=O) groups excluding carboxylic acids is 3. The lowest BCUT2D eigenvalue weighted by Crippen LogP contribution is -2.24. The van der Waals surface area contributed by atoms with Crippen molar-refractivity contribution in [1.29, 1.82) is 0 Å². The molecule has 3 amide bonds. The van der Waals surface area contributed by atoms with Crippen LogP contribution in [0.5, 0.6) is 0 Å². The normalized spacial score (nSPS) is 13.0. The molecule has 1 aliphatic rings. The van der Waals surface area contributed by atoms with Crippen molar-refractivity contribution in [1.82, 2.24) is 9.88 Å². The molecule has 3 aromatic rings. The Morgan fingerprint density at radius 2 is 1.86 bits per heavy atom. The molecule has 0 fully saturated rings. The van der Waals surface area contributed by atoms with Gasteiger partial charge >= 0.3 is 0 Å². The highest BCUT2D eigenvalue weighted by Gasteiger charge is 2.32. The number of carbonyl (C=O) groups is 3. The van der Waals surface area contributed by atoms with Crippen molar-refractivity contribution in [3.63, 3.8) is 0 Å². The fourth-order valence-corrected chi connectivity index (χ4v) is 4.13. The predicted octanol–water partition coefficient (Wildman–Crippen LogP) is 4.25. The highest BCUT2D eigenvalue weighted by atomic mass is 35.5. The van der Waals surface area contributed by atoms with E-state index in [1.54, 1.807) is 31.2 Å². The van der Waals surface area contributed by atoms with E-state index >= 15 is 0 Å². The lowest BCUT2D eigenvalue weighted by atomic mass is 10.1. The Morgan fingerprint density at radius 1 is 1.11 bits per heavy atom. The second-order valence-corrected chi connectivity index (χ2v) is 7.76. The Balaban J connectivity index is 1.60. The van der Waals surface area contributed by atoms with Crippen LogP contribution in [0, 0.1) is 6.92 Å². The summed E-state index contributed by atoms with van der Waals surface area (Å²) in [6, 6.07) is 11.9. The van der Waals surface area contributed by atoms with Crippen molar-refractivity contribution in [2.24, 2.45) is 0 Å². The molecule has 1 N–H and O–H groups in total. The number of anilines is 1. The van der Waals surface area contributed by atoms with Crippen LogP contribution >= 0.6 is 22.9 Å². The van der Waals surface area contributed by atoms with E-state index in [4.69, 9.17) is 11.6 Å². The number of aryl methyl sites for hydroxylation is 1. The Bertz CT molecular complexity index is 1160. The van der Waals surface area contributed by atoms with Crippen molar-refractivity contribution < 1.29 is 14.4 Å². The first-order valence-corrected chi connectivity index (χ1v) is 9.56. The number of nitrogens with one attached hydrogen (secondary N) is 1. The average Bonchev–Trinajstić information content (AvgIpc) is 3.16. The monoisotopic (exact) mass is 411 g/mol. The van der Waals surface area contributed by atoms with Gasteiger partial charge in [0, 0.05) is 23.3 Å². The van der Waals surface area contributed by atoms with Crippen LogP contribution in [-0.4, -0.2) is 34.7 Å². The summed E-state index contributed by atoms with van der Waals surface area (Å²) in [5.74, 6) is -1.05. The topological polar surface area (TPSA) is 79.4 Å². The number of nitrogens with zero attached hydrogens (tertiary/aromatic N) is 2. The second kappa shape index (κ2) is 6.85. The maximum absolute atomic E-state index is 12.7. The summed E-state index contributed by atoms with van der Waals surface area (Å²) in [5, 5.41) is 4.07. The molecule has 140 valence electrons. The minimum Gasteiger partial charge on any atom is -0.321 e. The van der Waals surface area contributed by atoms with Gasteiger partial charge in [0.05, 0.1) is 16.8 Å². The number of hydrogen-bond acceptors (Lipinski definition) is 5. The van der Waals surface area contributed by atoms with Crippen LogP contribution in [0.3, 0.4) is 0 Å². The van der Waals surface area contributed by atoms with Crippen LogP contribution < -0.4 is 5.32 Å². The molecule has 0 atom stereocenters. The Morgan fingerprint density at radius 3 is 2.61 bits per heavy atom. The fourth-order valence-electron chi connectivity index (χ4n) is 2.98. The summed E-state index contributed by atoms with van der Waals surface area (Å²) >= 11 is 7.30. The quantitative estimate of drug-likeness (QED) is 0.653. The Kier molecular flexibility index (Phi) is 4.49. The SMILES string of the molecule is Cc1nc(-c2cccc(Cl)c2)sc1C(=O)Nc1ccc2c(c1)C(=O)N(C)C2=O. The molecule has 0 spiro atoms. The number of hydrogen-bond donors (Lipinski definition) is 1. The van der Waals surface area contributed by atoms with Gasteiger partial charge in [0.1, 0.15) is 9.88 Å². The molecule has 0 saturated carbocycles. The first-order chi connectivity index (χ1) is 13.3. The maximum Gasteiger partial charge on any atom is 0.267 e. The number of benzene rings is 2. The molecule has 1 aromatic heterocycles. The van der Waals surface area contributed by atoms with Crippen molar-refractivity contribution in [2.75, 3.05) is 12.4 Å². The second-order valence-electron chi connectivity index (χ2n) is 6.33. The first-order valence-electron chi connectivity index (χ1n) is 8.36. The van der Waals surface area contributed by atoms with Gasteiger partial charge in [-0.05, 0) is 37.3 Å². The van der Waals surface area contributed by atoms with Gasteiger partial charge in [-0.2, -0.15) is 0 Å². The van der Waals surface area contributed by atoms with Crippen molar-refractivity contribution in [2.45, 2.75) is 6.92 Å². The number of amides is 3. The number of imide groups is 1. The molecule has 8 heteroatoms. The minimum atomic E-state index is -0.381. The number of aromatic nitrogens is 1. The van der Waals surface area contributed by atoms with E-state index in [0.717, 1.165) is 10.5 Å². The molecule has 0 unspecified atom stereocenters. The van der Waals surface area contributed by atoms with Crippen LogP contribution in [0.15, 0.2) is 42.5 Å². The largest absolute Gasteiger partial charge is 0.321 e. The summed E-state index contributed by atoms with van der Waals surface area (Å²) in [7, 11) is 1.43. The van der Waals surface area contributed by atoms with Gasteiger partial charge in [-0.15, -0.1) is 11.3 Å². The predicted molar refractivity (Wildman–Crippen MR) is 108 cm³/mol. The van der Waals surface area contributed by atoms with Gasteiger partial charge in [0.15, 0.2) is 0 Å². The summed E-state index contributed by atoms with van der Waals surface area (Å²) in [6.07, 6.45) is 0. The molecule has 0 radical (unpaired) electrons. The Labute approximate surface area is 169 Å². The zero-order valence-electron chi connectivity index (χ0n) is 14.9. The molecule has 0 bridgehead atoms. The van der Waals surface area contributed by atoms with E-state index in [1.807, 2.05) is 12.1 Å². The number of fused-ring (bicyclic) bond motifs is 1. The molecule has 0 aliphatic carbocycles.